The zero-order valence-corrected chi connectivity index (χ0v) is 11.5. The SMILES string of the molecule is O=[N+]([O-])c1ccc(COc2cccc(I)c2)cc1. The molecular weight excluding hydrogens is 345 g/mol. The molecule has 0 spiro atoms. The summed E-state index contributed by atoms with van der Waals surface area (Å²) in [6, 6.07) is 14.1. The number of hydrogen-bond acceptors (Lipinski definition) is 3. The third-order valence-corrected chi connectivity index (χ3v) is 3.02. The van der Waals surface area contributed by atoms with Gasteiger partial charge in [-0.05, 0) is 58.5 Å². The Hall–Kier alpha value is -1.63. The van der Waals surface area contributed by atoms with Crippen LogP contribution < -0.4 is 4.74 Å². The van der Waals surface area contributed by atoms with Gasteiger partial charge in [-0.25, -0.2) is 0 Å². The van der Waals surface area contributed by atoms with Gasteiger partial charge < -0.3 is 4.74 Å². The van der Waals surface area contributed by atoms with Crippen molar-refractivity contribution in [3.8, 4) is 5.75 Å². The molecule has 0 atom stereocenters. The van der Waals surface area contributed by atoms with E-state index in [9.17, 15) is 10.1 Å². The second-order valence-electron chi connectivity index (χ2n) is 3.67. The Morgan fingerprint density at radius 2 is 1.89 bits per heavy atom. The average molecular weight is 355 g/mol. The molecule has 2 aromatic rings. The molecule has 2 aromatic carbocycles. The molecule has 0 saturated heterocycles. The Labute approximate surface area is 118 Å². The summed E-state index contributed by atoms with van der Waals surface area (Å²) in [5.74, 6) is 0.792. The highest BCUT2D eigenvalue weighted by Gasteiger charge is 2.04. The van der Waals surface area contributed by atoms with Crippen LogP contribution in [0.3, 0.4) is 0 Å². The maximum Gasteiger partial charge on any atom is 0.269 e. The van der Waals surface area contributed by atoms with E-state index in [1.54, 1.807) is 12.1 Å². The zero-order chi connectivity index (χ0) is 13.0. The smallest absolute Gasteiger partial charge is 0.269 e. The third-order valence-electron chi connectivity index (χ3n) is 2.35. The molecule has 18 heavy (non-hydrogen) atoms. The molecular formula is C13H10INO3. The van der Waals surface area contributed by atoms with Gasteiger partial charge in [-0.2, -0.15) is 0 Å². The van der Waals surface area contributed by atoms with E-state index < -0.39 is 4.92 Å². The summed E-state index contributed by atoms with van der Waals surface area (Å²) in [5.41, 5.74) is 0.993. The van der Waals surface area contributed by atoms with E-state index in [4.69, 9.17) is 4.74 Å². The molecule has 0 radical (unpaired) electrons. The van der Waals surface area contributed by atoms with Crippen LogP contribution in [-0.4, -0.2) is 4.92 Å². The molecule has 0 aliphatic rings. The number of rotatable bonds is 4. The summed E-state index contributed by atoms with van der Waals surface area (Å²) in [6.45, 7) is 0.401. The number of nitro groups is 1. The van der Waals surface area contributed by atoms with E-state index in [0.717, 1.165) is 14.9 Å². The van der Waals surface area contributed by atoms with Crippen molar-refractivity contribution in [2.24, 2.45) is 0 Å². The first-order chi connectivity index (χ1) is 8.65. The number of halogens is 1. The van der Waals surface area contributed by atoms with Gasteiger partial charge in [0.05, 0.1) is 4.92 Å². The molecule has 0 aromatic heterocycles. The van der Waals surface area contributed by atoms with Crippen molar-refractivity contribution in [3.63, 3.8) is 0 Å². The highest BCUT2D eigenvalue weighted by atomic mass is 127. The van der Waals surface area contributed by atoms with Crippen LogP contribution in [0.15, 0.2) is 48.5 Å². The number of nitrogens with zero attached hydrogens (tertiary/aromatic N) is 1. The molecule has 5 heteroatoms. The fraction of sp³-hybridized carbons (Fsp3) is 0.0769. The number of nitro benzene ring substituents is 1. The van der Waals surface area contributed by atoms with Gasteiger partial charge in [0, 0.05) is 15.7 Å². The summed E-state index contributed by atoms with van der Waals surface area (Å²) in [7, 11) is 0. The zero-order valence-electron chi connectivity index (χ0n) is 9.38. The van der Waals surface area contributed by atoms with E-state index in [-0.39, 0.29) is 5.69 Å². The lowest BCUT2D eigenvalue weighted by atomic mass is 10.2. The van der Waals surface area contributed by atoms with Gasteiger partial charge >= 0.3 is 0 Å². The average Bonchev–Trinajstić information content (AvgIpc) is 2.37. The lowest BCUT2D eigenvalue weighted by molar-refractivity contribution is -0.384. The second kappa shape index (κ2) is 5.81. The Bertz CT molecular complexity index is 554. The standard InChI is InChI=1S/C13H10INO3/c14-11-2-1-3-13(8-11)18-9-10-4-6-12(7-5-10)15(16)17/h1-8H,9H2. The van der Waals surface area contributed by atoms with Gasteiger partial charge in [0.2, 0.25) is 0 Å². The van der Waals surface area contributed by atoms with Crippen LogP contribution in [0, 0.1) is 13.7 Å². The molecule has 0 N–H and O–H groups in total. The van der Waals surface area contributed by atoms with Crippen LogP contribution in [0.4, 0.5) is 5.69 Å². The second-order valence-corrected chi connectivity index (χ2v) is 4.92. The lowest BCUT2D eigenvalue weighted by Crippen LogP contribution is -1.96. The van der Waals surface area contributed by atoms with Crippen molar-refractivity contribution >= 4 is 28.3 Å². The number of hydrogen-bond donors (Lipinski definition) is 0. The van der Waals surface area contributed by atoms with Gasteiger partial charge in [0.15, 0.2) is 0 Å². The largest absolute Gasteiger partial charge is 0.489 e. The summed E-state index contributed by atoms with van der Waals surface area (Å²) < 4.78 is 6.70. The minimum absolute atomic E-state index is 0.0907. The van der Waals surface area contributed by atoms with Crippen molar-refractivity contribution in [1.82, 2.24) is 0 Å². The van der Waals surface area contributed by atoms with Crippen LogP contribution in [0.25, 0.3) is 0 Å². The van der Waals surface area contributed by atoms with Gasteiger partial charge in [0.1, 0.15) is 12.4 Å². The number of benzene rings is 2. The topological polar surface area (TPSA) is 52.4 Å². The summed E-state index contributed by atoms with van der Waals surface area (Å²) in [6.07, 6.45) is 0. The highest BCUT2D eigenvalue weighted by molar-refractivity contribution is 14.1. The first-order valence-corrected chi connectivity index (χ1v) is 6.35. The van der Waals surface area contributed by atoms with Crippen LogP contribution in [0.1, 0.15) is 5.56 Å². The fourth-order valence-corrected chi connectivity index (χ4v) is 1.95. The minimum atomic E-state index is -0.413. The van der Waals surface area contributed by atoms with Gasteiger partial charge in [-0.1, -0.05) is 6.07 Å². The van der Waals surface area contributed by atoms with Crippen molar-refractivity contribution in [2.75, 3.05) is 0 Å². The lowest BCUT2D eigenvalue weighted by Gasteiger charge is -2.06. The maximum absolute atomic E-state index is 10.5. The Morgan fingerprint density at radius 1 is 1.17 bits per heavy atom. The van der Waals surface area contributed by atoms with Crippen molar-refractivity contribution in [2.45, 2.75) is 6.61 Å². The fourth-order valence-electron chi connectivity index (χ4n) is 1.44. The molecule has 0 saturated carbocycles. The predicted octanol–water partition coefficient (Wildman–Crippen LogP) is 3.78. The molecule has 2 rings (SSSR count). The first kappa shape index (κ1) is 12.8. The van der Waals surface area contributed by atoms with E-state index >= 15 is 0 Å². The van der Waals surface area contributed by atoms with E-state index in [2.05, 4.69) is 22.6 Å². The van der Waals surface area contributed by atoms with Crippen LogP contribution in [-0.2, 0) is 6.61 Å². The highest BCUT2D eigenvalue weighted by Crippen LogP contribution is 2.17. The van der Waals surface area contributed by atoms with Gasteiger partial charge in [-0.15, -0.1) is 0 Å². The Kier molecular flexibility index (Phi) is 4.14. The number of ether oxygens (including phenoxy) is 1. The van der Waals surface area contributed by atoms with Gasteiger partial charge in [-0.3, -0.25) is 10.1 Å². The quantitative estimate of drug-likeness (QED) is 0.477. The minimum Gasteiger partial charge on any atom is -0.489 e. The Morgan fingerprint density at radius 3 is 2.50 bits per heavy atom. The molecule has 0 amide bonds. The molecule has 0 unspecified atom stereocenters. The summed E-state index contributed by atoms with van der Waals surface area (Å²) in [4.78, 5) is 10.1. The Balaban J connectivity index is 2.00. The molecule has 0 aliphatic carbocycles. The van der Waals surface area contributed by atoms with Crippen LogP contribution >= 0.6 is 22.6 Å². The van der Waals surface area contributed by atoms with Crippen LogP contribution in [0.5, 0.6) is 5.75 Å². The molecule has 0 bridgehead atoms. The van der Waals surface area contributed by atoms with E-state index in [0.29, 0.717) is 6.61 Å². The van der Waals surface area contributed by atoms with Crippen molar-refractivity contribution < 1.29 is 9.66 Å². The molecule has 0 aliphatic heterocycles. The molecule has 4 nitrogen and oxygen atoms in total. The van der Waals surface area contributed by atoms with E-state index in [1.807, 2.05) is 24.3 Å². The summed E-state index contributed by atoms with van der Waals surface area (Å²) >= 11 is 2.22. The van der Waals surface area contributed by atoms with Gasteiger partial charge in [0.25, 0.3) is 5.69 Å². The maximum atomic E-state index is 10.5. The normalized spacial score (nSPS) is 10.1. The third kappa shape index (κ3) is 3.43. The molecule has 0 fully saturated rings. The molecule has 92 valence electrons. The monoisotopic (exact) mass is 355 g/mol. The summed E-state index contributed by atoms with van der Waals surface area (Å²) in [5, 5.41) is 10.5. The van der Waals surface area contributed by atoms with Crippen LogP contribution in [0.2, 0.25) is 0 Å². The predicted molar refractivity (Wildman–Crippen MR) is 76.6 cm³/mol. The first-order valence-electron chi connectivity index (χ1n) is 5.27. The van der Waals surface area contributed by atoms with E-state index in [1.165, 1.54) is 12.1 Å². The molecule has 0 heterocycles. The van der Waals surface area contributed by atoms with Crippen molar-refractivity contribution in [3.05, 3.63) is 67.8 Å². The van der Waals surface area contributed by atoms with Crippen molar-refractivity contribution in [1.29, 1.82) is 0 Å². The number of non-ortho nitro benzene ring substituents is 1.